The molecular formula is C19H26N4O2S. The maximum Gasteiger partial charge on any atom is 0.316 e. The molecule has 1 aliphatic carbocycles. The number of ether oxygens (including phenoxy) is 1. The van der Waals surface area contributed by atoms with Gasteiger partial charge in [0.25, 0.3) is 0 Å². The SMILES string of the molecule is CC(C)OC(=O)CSc1nnc(-c2cccnc2)n1[C@H]1CCCC[C@@H]1C. The quantitative estimate of drug-likeness (QED) is 0.559. The Morgan fingerprint density at radius 3 is 2.85 bits per heavy atom. The van der Waals surface area contributed by atoms with E-state index in [9.17, 15) is 4.79 Å². The van der Waals surface area contributed by atoms with Crippen molar-refractivity contribution in [1.82, 2.24) is 19.7 Å². The normalized spacial score (nSPS) is 20.3. The molecule has 0 spiro atoms. The lowest BCUT2D eigenvalue weighted by Gasteiger charge is -2.31. The molecule has 2 heterocycles. The molecule has 2 aromatic rings. The minimum Gasteiger partial charge on any atom is -0.462 e. The molecule has 140 valence electrons. The molecule has 0 radical (unpaired) electrons. The Hall–Kier alpha value is -1.89. The van der Waals surface area contributed by atoms with E-state index in [1.54, 1.807) is 6.20 Å². The van der Waals surface area contributed by atoms with Gasteiger partial charge >= 0.3 is 5.97 Å². The van der Waals surface area contributed by atoms with Gasteiger partial charge < -0.3 is 4.74 Å². The minimum atomic E-state index is -0.223. The van der Waals surface area contributed by atoms with E-state index in [-0.39, 0.29) is 17.8 Å². The van der Waals surface area contributed by atoms with Gasteiger partial charge in [-0.2, -0.15) is 0 Å². The van der Waals surface area contributed by atoms with Crippen molar-refractivity contribution in [1.29, 1.82) is 0 Å². The second-order valence-corrected chi connectivity index (χ2v) is 8.02. The first-order valence-electron chi connectivity index (χ1n) is 9.24. The first-order chi connectivity index (χ1) is 12.6. The Kier molecular flexibility index (Phi) is 6.29. The predicted octanol–water partition coefficient (Wildman–Crippen LogP) is 4.14. The Labute approximate surface area is 158 Å². The van der Waals surface area contributed by atoms with E-state index in [1.807, 2.05) is 32.2 Å². The molecule has 0 aliphatic heterocycles. The number of hydrogen-bond donors (Lipinski definition) is 0. The second kappa shape index (κ2) is 8.66. The van der Waals surface area contributed by atoms with E-state index in [0.717, 1.165) is 23.0 Å². The summed E-state index contributed by atoms with van der Waals surface area (Å²) in [5.41, 5.74) is 0.953. The topological polar surface area (TPSA) is 69.9 Å². The number of esters is 1. The number of thioether (sulfide) groups is 1. The van der Waals surface area contributed by atoms with Crippen molar-refractivity contribution in [3.8, 4) is 11.4 Å². The second-order valence-electron chi connectivity index (χ2n) is 7.07. The van der Waals surface area contributed by atoms with Crippen LogP contribution in [0.25, 0.3) is 11.4 Å². The van der Waals surface area contributed by atoms with Crippen molar-refractivity contribution < 1.29 is 9.53 Å². The zero-order chi connectivity index (χ0) is 18.5. The Bertz CT molecular complexity index is 732. The number of hydrogen-bond acceptors (Lipinski definition) is 6. The van der Waals surface area contributed by atoms with Crippen molar-refractivity contribution in [2.75, 3.05) is 5.75 Å². The van der Waals surface area contributed by atoms with Crippen LogP contribution in [0.2, 0.25) is 0 Å². The smallest absolute Gasteiger partial charge is 0.316 e. The van der Waals surface area contributed by atoms with Crippen LogP contribution in [0, 0.1) is 5.92 Å². The van der Waals surface area contributed by atoms with Gasteiger partial charge in [-0.25, -0.2) is 0 Å². The van der Waals surface area contributed by atoms with Crippen LogP contribution in [0.5, 0.6) is 0 Å². The first kappa shape index (κ1) is 18.9. The Morgan fingerprint density at radius 1 is 1.35 bits per heavy atom. The summed E-state index contributed by atoms with van der Waals surface area (Å²) in [6.45, 7) is 6.00. The lowest BCUT2D eigenvalue weighted by atomic mass is 9.85. The number of pyridine rings is 1. The van der Waals surface area contributed by atoms with Crippen LogP contribution >= 0.6 is 11.8 Å². The molecule has 1 saturated carbocycles. The zero-order valence-electron chi connectivity index (χ0n) is 15.6. The summed E-state index contributed by atoms with van der Waals surface area (Å²) < 4.78 is 7.46. The van der Waals surface area contributed by atoms with E-state index in [4.69, 9.17) is 4.74 Å². The van der Waals surface area contributed by atoms with Gasteiger partial charge in [-0.15, -0.1) is 10.2 Å². The van der Waals surface area contributed by atoms with E-state index >= 15 is 0 Å². The van der Waals surface area contributed by atoms with Crippen LogP contribution in [0.15, 0.2) is 29.7 Å². The molecule has 26 heavy (non-hydrogen) atoms. The Morgan fingerprint density at radius 2 is 2.15 bits per heavy atom. The lowest BCUT2D eigenvalue weighted by molar-refractivity contribution is -0.144. The first-order valence-corrected chi connectivity index (χ1v) is 10.2. The van der Waals surface area contributed by atoms with Crippen molar-refractivity contribution in [2.24, 2.45) is 5.92 Å². The molecule has 7 heteroatoms. The monoisotopic (exact) mass is 374 g/mol. The fourth-order valence-electron chi connectivity index (χ4n) is 3.47. The van der Waals surface area contributed by atoms with Crippen LogP contribution in [0.4, 0.5) is 0 Å². The minimum absolute atomic E-state index is 0.106. The molecule has 6 nitrogen and oxygen atoms in total. The third-order valence-corrected chi connectivity index (χ3v) is 5.58. The van der Waals surface area contributed by atoms with Crippen LogP contribution in [-0.2, 0) is 9.53 Å². The molecule has 3 rings (SSSR count). The standard InChI is InChI=1S/C19H26N4O2S/c1-13(2)25-17(24)12-26-19-22-21-18(15-8-6-10-20-11-15)23(19)16-9-5-4-7-14(16)3/h6,8,10-11,13-14,16H,4-5,7,9,12H2,1-3H3/t14-,16-/m0/s1. The zero-order valence-corrected chi connectivity index (χ0v) is 16.4. The summed E-state index contributed by atoms with van der Waals surface area (Å²) >= 11 is 1.40. The number of nitrogens with zero attached hydrogens (tertiary/aromatic N) is 4. The number of carbonyl (C=O) groups is 1. The van der Waals surface area contributed by atoms with Gasteiger partial charge in [0, 0.05) is 24.0 Å². The van der Waals surface area contributed by atoms with Gasteiger partial charge in [-0.05, 0) is 44.7 Å². The molecule has 1 aliphatic rings. The molecule has 0 bridgehead atoms. The summed E-state index contributed by atoms with van der Waals surface area (Å²) in [4.78, 5) is 16.2. The number of rotatable bonds is 6. The van der Waals surface area contributed by atoms with Crippen LogP contribution in [0.1, 0.15) is 52.5 Å². The predicted molar refractivity (Wildman–Crippen MR) is 102 cm³/mol. The largest absolute Gasteiger partial charge is 0.462 e. The highest BCUT2D eigenvalue weighted by Gasteiger charge is 2.29. The maximum absolute atomic E-state index is 11.9. The Balaban J connectivity index is 1.89. The average molecular weight is 375 g/mol. The number of carbonyl (C=O) groups excluding carboxylic acids is 1. The highest BCUT2D eigenvalue weighted by molar-refractivity contribution is 7.99. The molecule has 0 saturated heterocycles. The van der Waals surface area contributed by atoms with Gasteiger partial charge in [-0.3, -0.25) is 14.3 Å². The van der Waals surface area contributed by atoms with Crippen LogP contribution in [-0.4, -0.2) is 37.6 Å². The highest BCUT2D eigenvalue weighted by atomic mass is 32.2. The van der Waals surface area contributed by atoms with E-state index in [2.05, 4.69) is 26.7 Å². The number of aromatic nitrogens is 4. The highest BCUT2D eigenvalue weighted by Crippen LogP contribution is 2.38. The summed E-state index contributed by atoms with van der Waals surface area (Å²) in [6.07, 6.45) is 8.25. The average Bonchev–Trinajstić information content (AvgIpc) is 3.04. The van der Waals surface area contributed by atoms with Crippen molar-refractivity contribution >= 4 is 17.7 Å². The fraction of sp³-hybridized carbons (Fsp3) is 0.579. The van der Waals surface area contributed by atoms with Gasteiger partial charge in [0.15, 0.2) is 11.0 Å². The molecule has 2 atom stereocenters. The summed E-state index contributed by atoms with van der Waals surface area (Å²) in [5, 5.41) is 9.61. The lowest BCUT2D eigenvalue weighted by Crippen LogP contribution is -2.23. The van der Waals surface area contributed by atoms with Gasteiger partial charge in [-0.1, -0.05) is 31.5 Å². The van der Waals surface area contributed by atoms with Gasteiger partial charge in [0.05, 0.1) is 11.9 Å². The van der Waals surface area contributed by atoms with Crippen molar-refractivity contribution in [2.45, 2.75) is 63.8 Å². The molecule has 0 amide bonds. The molecule has 0 N–H and O–H groups in total. The van der Waals surface area contributed by atoms with Gasteiger partial charge in [0.1, 0.15) is 0 Å². The van der Waals surface area contributed by atoms with Crippen molar-refractivity contribution in [3.05, 3.63) is 24.5 Å². The fourth-order valence-corrected chi connectivity index (χ4v) is 4.24. The molecule has 0 unspecified atom stereocenters. The summed E-state index contributed by atoms with van der Waals surface area (Å²) in [5.74, 6) is 1.40. The van der Waals surface area contributed by atoms with Gasteiger partial charge in [0.2, 0.25) is 0 Å². The third kappa shape index (κ3) is 4.44. The molecule has 1 fully saturated rings. The van der Waals surface area contributed by atoms with E-state index in [0.29, 0.717) is 12.0 Å². The van der Waals surface area contributed by atoms with Crippen molar-refractivity contribution in [3.63, 3.8) is 0 Å². The summed E-state index contributed by atoms with van der Waals surface area (Å²) in [6, 6.07) is 4.26. The van der Waals surface area contributed by atoms with E-state index in [1.165, 1.54) is 31.0 Å². The van der Waals surface area contributed by atoms with Crippen LogP contribution < -0.4 is 0 Å². The molecular weight excluding hydrogens is 348 g/mol. The third-order valence-electron chi connectivity index (χ3n) is 4.67. The summed E-state index contributed by atoms with van der Waals surface area (Å²) in [7, 11) is 0. The van der Waals surface area contributed by atoms with Crippen LogP contribution in [0.3, 0.4) is 0 Å². The molecule has 0 aromatic carbocycles. The molecule has 2 aromatic heterocycles. The van der Waals surface area contributed by atoms with E-state index < -0.39 is 0 Å². The maximum atomic E-state index is 11.9.